The molecule has 0 saturated heterocycles. The monoisotopic (exact) mass is 290 g/mol. The fourth-order valence-corrected chi connectivity index (χ4v) is 2.22. The highest BCUT2D eigenvalue weighted by molar-refractivity contribution is 9.10. The summed E-state index contributed by atoms with van der Waals surface area (Å²) in [6.45, 7) is 0.185. The van der Waals surface area contributed by atoms with Crippen LogP contribution in [0.5, 0.6) is 0 Å². The van der Waals surface area contributed by atoms with Gasteiger partial charge in [0.15, 0.2) is 0 Å². The van der Waals surface area contributed by atoms with Gasteiger partial charge in [-0.05, 0) is 41.5 Å². The second kappa shape index (κ2) is 7.22. The summed E-state index contributed by atoms with van der Waals surface area (Å²) in [5.74, 6) is 0.959. The van der Waals surface area contributed by atoms with Gasteiger partial charge in [0.05, 0.1) is 11.6 Å². The van der Waals surface area contributed by atoms with Crippen molar-refractivity contribution >= 4 is 27.7 Å². The van der Waals surface area contributed by atoms with Crippen molar-refractivity contribution in [3.63, 3.8) is 0 Å². The number of likely N-dealkylation sites (N-methyl/N-ethyl adjacent to an activating group) is 1. The third kappa shape index (κ3) is 4.97. The van der Waals surface area contributed by atoms with Crippen LogP contribution in [0.25, 0.3) is 0 Å². The number of nitrogens with one attached hydrogen (secondary N) is 1. The van der Waals surface area contributed by atoms with E-state index in [0.29, 0.717) is 0 Å². The molecule has 0 aliphatic rings. The van der Waals surface area contributed by atoms with Gasteiger partial charge in [-0.2, -0.15) is 0 Å². The maximum atomic E-state index is 8.97. The summed E-state index contributed by atoms with van der Waals surface area (Å²) in [6.07, 6.45) is 2.74. The summed E-state index contributed by atoms with van der Waals surface area (Å²) in [5, 5.41) is 13.0. The van der Waals surface area contributed by atoms with Crippen LogP contribution in [-0.4, -0.2) is 35.5 Å². The molecular weight excluding hydrogens is 276 g/mol. The molecule has 0 saturated carbocycles. The van der Waals surface area contributed by atoms with E-state index in [1.807, 2.05) is 19.2 Å². The maximum absolute atomic E-state index is 8.97. The summed E-state index contributed by atoms with van der Waals surface area (Å²) >= 11 is 5.05. The SMILES string of the molecule is CNC(CO)CCSc1ccc(Br)cn1. The molecule has 0 bridgehead atoms. The Hall–Kier alpha value is -0.100. The maximum Gasteiger partial charge on any atom is 0.0960 e. The van der Waals surface area contributed by atoms with Crippen LogP contribution in [-0.2, 0) is 0 Å². The third-order valence-electron chi connectivity index (χ3n) is 2.05. The van der Waals surface area contributed by atoms with Gasteiger partial charge < -0.3 is 10.4 Å². The van der Waals surface area contributed by atoms with E-state index in [4.69, 9.17) is 5.11 Å². The van der Waals surface area contributed by atoms with Gasteiger partial charge in [-0.25, -0.2) is 4.98 Å². The molecule has 84 valence electrons. The molecule has 15 heavy (non-hydrogen) atoms. The number of aliphatic hydroxyl groups excluding tert-OH is 1. The molecule has 0 aliphatic heterocycles. The molecule has 0 radical (unpaired) electrons. The van der Waals surface area contributed by atoms with Gasteiger partial charge >= 0.3 is 0 Å². The Balaban J connectivity index is 2.28. The predicted molar refractivity (Wildman–Crippen MR) is 67.2 cm³/mol. The van der Waals surface area contributed by atoms with Gasteiger partial charge in [0.25, 0.3) is 0 Å². The molecule has 1 aromatic heterocycles. The van der Waals surface area contributed by atoms with Gasteiger partial charge in [-0.15, -0.1) is 11.8 Å². The topological polar surface area (TPSA) is 45.1 Å². The van der Waals surface area contributed by atoms with Crippen LogP contribution in [0.3, 0.4) is 0 Å². The third-order valence-corrected chi connectivity index (χ3v) is 3.49. The van der Waals surface area contributed by atoms with Gasteiger partial charge in [-0.3, -0.25) is 0 Å². The predicted octanol–water partition coefficient (Wildman–Crippen LogP) is 1.91. The number of rotatable bonds is 6. The van der Waals surface area contributed by atoms with E-state index in [9.17, 15) is 0 Å². The lowest BCUT2D eigenvalue weighted by molar-refractivity contribution is 0.246. The number of hydrogen-bond acceptors (Lipinski definition) is 4. The number of halogens is 1. The largest absolute Gasteiger partial charge is 0.395 e. The Bertz CT molecular complexity index is 277. The van der Waals surface area contributed by atoms with E-state index in [1.54, 1.807) is 18.0 Å². The smallest absolute Gasteiger partial charge is 0.0960 e. The number of thioether (sulfide) groups is 1. The molecule has 0 spiro atoms. The second-order valence-corrected chi connectivity index (χ2v) is 5.15. The van der Waals surface area contributed by atoms with Gasteiger partial charge in [-0.1, -0.05) is 0 Å². The van der Waals surface area contributed by atoms with Crippen LogP contribution in [0.15, 0.2) is 27.8 Å². The van der Waals surface area contributed by atoms with Crippen molar-refractivity contribution in [3.8, 4) is 0 Å². The molecule has 1 rings (SSSR count). The fourth-order valence-electron chi connectivity index (χ4n) is 1.08. The minimum absolute atomic E-state index is 0.185. The van der Waals surface area contributed by atoms with Crippen molar-refractivity contribution in [3.05, 3.63) is 22.8 Å². The molecule has 1 heterocycles. The standard InChI is InChI=1S/C10H15BrN2OS/c1-12-9(7-14)4-5-15-10-3-2-8(11)6-13-10/h2-3,6,9,12,14H,4-5,7H2,1H3. The van der Waals surface area contributed by atoms with Gasteiger partial charge in [0.2, 0.25) is 0 Å². The van der Waals surface area contributed by atoms with Crippen LogP contribution >= 0.6 is 27.7 Å². The molecule has 1 unspecified atom stereocenters. The molecule has 0 aromatic carbocycles. The van der Waals surface area contributed by atoms with Crippen LogP contribution in [0.2, 0.25) is 0 Å². The lowest BCUT2D eigenvalue weighted by atomic mass is 10.2. The van der Waals surface area contributed by atoms with Crippen LogP contribution in [0.1, 0.15) is 6.42 Å². The molecule has 0 amide bonds. The van der Waals surface area contributed by atoms with Crippen molar-refractivity contribution in [1.29, 1.82) is 0 Å². The van der Waals surface area contributed by atoms with E-state index in [1.165, 1.54) is 0 Å². The Morgan fingerprint density at radius 1 is 1.60 bits per heavy atom. The summed E-state index contributed by atoms with van der Waals surface area (Å²) in [5.41, 5.74) is 0. The Morgan fingerprint density at radius 3 is 2.93 bits per heavy atom. The van der Waals surface area contributed by atoms with E-state index < -0.39 is 0 Å². The lowest BCUT2D eigenvalue weighted by Crippen LogP contribution is -2.29. The molecular formula is C10H15BrN2OS. The highest BCUT2D eigenvalue weighted by Crippen LogP contribution is 2.18. The highest BCUT2D eigenvalue weighted by Gasteiger charge is 2.04. The Morgan fingerprint density at radius 2 is 2.40 bits per heavy atom. The molecule has 2 N–H and O–H groups in total. The average molecular weight is 291 g/mol. The van der Waals surface area contributed by atoms with E-state index in [2.05, 4.69) is 26.2 Å². The summed E-state index contributed by atoms with van der Waals surface area (Å²) in [6, 6.07) is 4.16. The zero-order valence-corrected chi connectivity index (χ0v) is 11.0. The molecule has 1 aromatic rings. The molecule has 3 nitrogen and oxygen atoms in total. The summed E-state index contributed by atoms with van der Waals surface area (Å²) in [4.78, 5) is 4.26. The lowest BCUT2D eigenvalue weighted by Gasteiger charge is -2.11. The minimum atomic E-state index is 0.185. The van der Waals surface area contributed by atoms with Crippen molar-refractivity contribution in [2.75, 3.05) is 19.4 Å². The van der Waals surface area contributed by atoms with E-state index in [0.717, 1.165) is 21.7 Å². The first kappa shape index (κ1) is 13.0. The average Bonchev–Trinajstić information content (AvgIpc) is 2.27. The molecule has 1 atom stereocenters. The zero-order chi connectivity index (χ0) is 11.1. The minimum Gasteiger partial charge on any atom is -0.395 e. The fraction of sp³-hybridized carbons (Fsp3) is 0.500. The molecule has 0 aliphatic carbocycles. The summed E-state index contributed by atoms with van der Waals surface area (Å²) in [7, 11) is 1.86. The van der Waals surface area contributed by atoms with E-state index >= 15 is 0 Å². The molecule has 5 heteroatoms. The number of pyridine rings is 1. The van der Waals surface area contributed by atoms with Crippen molar-refractivity contribution in [1.82, 2.24) is 10.3 Å². The first-order valence-electron chi connectivity index (χ1n) is 4.78. The van der Waals surface area contributed by atoms with Gasteiger partial charge in [0, 0.05) is 22.5 Å². The van der Waals surface area contributed by atoms with Gasteiger partial charge in [0.1, 0.15) is 0 Å². The Kier molecular flexibility index (Phi) is 6.24. The van der Waals surface area contributed by atoms with Crippen molar-refractivity contribution in [2.45, 2.75) is 17.5 Å². The normalized spacial score (nSPS) is 12.7. The zero-order valence-electron chi connectivity index (χ0n) is 8.61. The highest BCUT2D eigenvalue weighted by atomic mass is 79.9. The second-order valence-electron chi connectivity index (χ2n) is 3.12. The quantitative estimate of drug-likeness (QED) is 0.786. The van der Waals surface area contributed by atoms with E-state index in [-0.39, 0.29) is 12.6 Å². The van der Waals surface area contributed by atoms with Crippen LogP contribution < -0.4 is 5.32 Å². The van der Waals surface area contributed by atoms with Crippen LogP contribution in [0.4, 0.5) is 0 Å². The van der Waals surface area contributed by atoms with Crippen LogP contribution in [0, 0.1) is 0 Å². The number of aromatic nitrogens is 1. The number of aliphatic hydroxyl groups is 1. The Labute approximate surface area is 103 Å². The first-order valence-corrected chi connectivity index (χ1v) is 6.56. The van der Waals surface area contributed by atoms with Crippen molar-refractivity contribution in [2.24, 2.45) is 0 Å². The first-order chi connectivity index (χ1) is 7.26. The number of hydrogen-bond donors (Lipinski definition) is 2. The molecule has 0 fully saturated rings. The van der Waals surface area contributed by atoms with Crippen molar-refractivity contribution < 1.29 is 5.11 Å². The number of nitrogens with zero attached hydrogens (tertiary/aromatic N) is 1. The summed E-state index contributed by atoms with van der Waals surface area (Å²) < 4.78 is 0.996.